The molecule has 0 aliphatic carbocycles. The van der Waals surface area contributed by atoms with Crippen molar-refractivity contribution in [2.24, 2.45) is 0 Å². The van der Waals surface area contributed by atoms with Gasteiger partial charge in [-0.2, -0.15) is 0 Å². The van der Waals surface area contributed by atoms with Crippen molar-refractivity contribution >= 4 is 15.7 Å². The minimum atomic E-state index is -3.29. The SMILES string of the molecule is CCCNCCCS(=O)(=O)Nc1cncnc1. The predicted molar refractivity (Wildman–Crippen MR) is 67.2 cm³/mol. The Morgan fingerprint density at radius 2 is 1.94 bits per heavy atom. The molecule has 0 aromatic carbocycles. The van der Waals surface area contributed by atoms with E-state index in [-0.39, 0.29) is 5.75 Å². The fraction of sp³-hybridized carbons (Fsp3) is 0.600. The van der Waals surface area contributed by atoms with Crippen LogP contribution in [0.4, 0.5) is 5.69 Å². The summed E-state index contributed by atoms with van der Waals surface area (Å²) in [6, 6.07) is 0. The minimum absolute atomic E-state index is 0.0958. The molecule has 0 bridgehead atoms. The number of anilines is 1. The van der Waals surface area contributed by atoms with Crippen LogP contribution >= 0.6 is 0 Å². The molecule has 0 aliphatic heterocycles. The van der Waals surface area contributed by atoms with Crippen LogP contribution in [0.3, 0.4) is 0 Å². The highest BCUT2D eigenvalue weighted by molar-refractivity contribution is 7.92. The van der Waals surface area contributed by atoms with Crippen molar-refractivity contribution < 1.29 is 8.42 Å². The second-order valence-corrected chi connectivity index (χ2v) is 5.49. The first-order chi connectivity index (χ1) is 8.14. The Kier molecular flexibility index (Phi) is 5.85. The van der Waals surface area contributed by atoms with E-state index in [9.17, 15) is 8.42 Å². The van der Waals surface area contributed by atoms with Crippen molar-refractivity contribution in [2.45, 2.75) is 19.8 Å². The highest BCUT2D eigenvalue weighted by Gasteiger charge is 2.09. The average molecular weight is 258 g/mol. The number of hydrogen-bond donors (Lipinski definition) is 2. The Morgan fingerprint density at radius 3 is 2.59 bits per heavy atom. The van der Waals surface area contributed by atoms with E-state index < -0.39 is 10.0 Å². The van der Waals surface area contributed by atoms with E-state index in [1.54, 1.807) is 0 Å². The first-order valence-electron chi connectivity index (χ1n) is 5.60. The zero-order valence-electron chi connectivity index (χ0n) is 9.89. The molecule has 0 saturated heterocycles. The molecule has 7 heteroatoms. The van der Waals surface area contributed by atoms with Gasteiger partial charge in [-0.25, -0.2) is 18.4 Å². The number of nitrogens with one attached hydrogen (secondary N) is 2. The number of sulfonamides is 1. The van der Waals surface area contributed by atoms with E-state index >= 15 is 0 Å². The lowest BCUT2D eigenvalue weighted by Crippen LogP contribution is -2.22. The molecule has 0 aliphatic rings. The van der Waals surface area contributed by atoms with Crippen LogP contribution in [-0.2, 0) is 10.0 Å². The van der Waals surface area contributed by atoms with E-state index in [1.165, 1.54) is 18.7 Å². The second-order valence-electron chi connectivity index (χ2n) is 3.65. The molecule has 96 valence electrons. The number of rotatable bonds is 8. The molecule has 0 radical (unpaired) electrons. The topological polar surface area (TPSA) is 84.0 Å². The normalized spacial score (nSPS) is 11.4. The van der Waals surface area contributed by atoms with E-state index in [1.807, 2.05) is 0 Å². The van der Waals surface area contributed by atoms with Gasteiger partial charge in [0.25, 0.3) is 0 Å². The standard InChI is InChI=1S/C10H18N4O2S/c1-2-4-11-5-3-6-17(15,16)14-10-7-12-9-13-8-10/h7-9,11,14H,2-6H2,1H3. The summed E-state index contributed by atoms with van der Waals surface area (Å²) in [6.45, 7) is 3.70. The van der Waals surface area contributed by atoms with Crippen molar-refractivity contribution in [3.05, 3.63) is 18.7 Å². The maximum absolute atomic E-state index is 11.6. The largest absolute Gasteiger partial charge is 0.317 e. The van der Waals surface area contributed by atoms with Gasteiger partial charge in [0, 0.05) is 0 Å². The molecular weight excluding hydrogens is 240 g/mol. The minimum Gasteiger partial charge on any atom is -0.317 e. The van der Waals surface area contributed by atoms with E-state index in [2.05, 4.69) is 26.9 Å². The van der Waals surface area contributed by atoms with Gasteiger partial charge in [-0.3, -0.25) is 4.72 Å². The van der Waals surface area contributed by atoms with Crippen LogP contribution in [0.1, 0.15) is 19.8 Å². The summed E-state index contributed by atoms with van der Waals surface area (Å²) in [4.78, 5) is 7.48. The molecule has 1 rings (SSSR count). The summed E-state index contributed by atoms with van der Waals surface area (Å²) in [5, 5.41) is 3.15. The molecule has 17 heavy (non-hydrogen) atoms. The zero-order chi connectivity index (χ0) is 12.6. The Labute approximate surface area is 102 Å². The molecule has 6 nitrogen and oxygen atoms in total. The molecule has 0 atom stereocenters. The summed E-state index contributed by atoms with van der Waals surface area (Å²) < 4.78 is 25.7. The number of aromatic nitrogens is 2. The highest BCUT2D eigenvalue weighted by atomic mass is 32.2. The molecule has 0 amide bonds. The molecule has 1 aromatic heterocycles. The second kappa shape index (κ2) is 7.18. The summed E-state index contributed by atoms with van der Waals surface area (Å²) in [5.41, 5.74) is 0.397. The van der Waals surface area contributed by atoms with Gasteiger partial charge in [0.05, 0.1) is 23.8 Å². The van der Waals surface area contributed by atoms with Crippen LogP contribution in [0.15, 0.2) is 18.7 Å². The van der Waals surface area contributed by atoms with Gasteiger partial charge in [0.2, 0.25) is 10.0 Å². The highest BCUT2D eigenvalue weighted by Crippen LogP contribution is 2.04. The van der Waals surface area contributed by atoms with Crippen molar-refractivity contribution in [1.29, 1.82) is 0 Å². The first kappa shape index (κ1) is 13.9. The van der Waals surface area contributed by atoms with Crippen LogP contribution in [0.5, 0.6) is 0 Å². The van der Waals surface area contributed by atoms with Gasteiger partial charge < -0.3 is 5.32 Å². The van der Waals surface area contributed by atoms with Crippen molar-refractivity contribution in [2.75, 3.05) is 23.6 Å². The maximum Gasteiger partial charge on any atom is 0.232 e. The monoisotopic (exact) mass is 258 g/mol. The van der Waals surface area contributed by atoms with Gasteiger partial charge in [0.15, 0.2) is 0 Å². The third-order valence-electron chi connectivity index (χ3n) is 2.03. The summed E-state index contributed by atoms with van der Waals surface area (Å²) in [6.07, 6.45) is 5.85. The van der Waals surface area contributed by atoms with E-state index in [4.69, 9.17) is 0 Å². The van der Waals surface area contributed by atoms with E-state index in [0.29, 0.717) is 18.7 Å². The molecule has 0 unspecified atom stereocenters. The Balaban J connectivity index is 2.32. The first-order valence-corrected chi connectivity index (χ1v) is 7.25. The van der Waals surface area contributed by atoms with Crippen LogP contribution in [0, 0.1) is 0 Å². The van der Waals surface area contributed by atoms with Gasteiger partial charge >= 0.3 is 0 Å². The van der Waals surface area contributed by atoms with Gasteiger partial charge in [-0.1, -0.05) is 6.92 Å². The molecule has 1 heterocycles. The van der Waals surface area contributed by atoms with Crippen LogP contribution < -0.4 is 10.0 Å². The van der Waals surface area contributed by atoms with Crippen molar-refractivity contribution in [3.63, 3.8) is 0 Å². The third-order valence-corrected chi connectivity index (χ3v) is 3.40. The van der Waals surface area contributed by atoms with Crippen LogP contribution in [-0.4, -0.2) is 37.2 Å². The lowest BCUT2D eigenvalue weighted by Gasteiger charge is -2.07. The fourth-order valence-corrected chi connectivity index (χ4v) is 2.36. The molecule has 0 fully saturated rings. The number of hydrogen-bond acceptors (Lipinski definition) is 5. The quantitative estimate of drug-likeness (QED) is 0.667. The summed E-state index contributed by atoms with van der Waals surface area (Å²) in [5.74, 6) is 0.0958. The average Bonchev–Trinajstić information content (AvgIpc) is 2.29. The Morgan fingerprint density at radius 1 is 1.24 bits per heavy atom. The summed E-state index contributed by atoms with van der Waals surface area (Å²) >= 11 is 0. The van der Waals surface area contributed by atoms with Crippen LogP contribution in [0.2, 0.25) is 0 Å². The number of nitrogens with zero attached hydrogens (tertiary/aromatic N) is 2. The third kappa shape index (κ3) is 6.18. The van der Waals surface area contributed by atoms with Gasteiger partial charge in [-0.05, 0) is 25.9 Å². The fourth-order valence-electron chi connectivity index (χ4n) is 1.27. The lowest BCUT2D eigenvalue weighted by molar-refractivity contribution is 0.593. The Bertz CT molecular complexity index is 408. The zero-order valence-corrected chi connectivity index (χ0v) is 10.7. The van der Waals surface area contributed by atoms with Crippen molar-refractivity contribution in [1.82, 2.24) is 15.3 Å². The predicted octanol–water partition coefficient (Wildman–Crippen LogP) is 0.608. The molecular formula is C10H18N4O2S. The van der Waals surface area contributed by atoms with Crippen LogP contribution in [0.25, 0.3) is 0 Å². The van der Waals surface area contributed by atoms with Crippen molar-refractivity contribution in [3.8, 4) is 0 Å². The van der Waals surface area contributed by atoms with Gasteiger partial charge in [0.1, 0.15) is 6.33 Å². The molecule has 1 aromatic rings. The molecule has 2 N–H and O–H groups in total. The Hall–Kier alpha value is -1.21. The summed E-state index contributed by atoms with van der Waals surface area (Å²) in [7, 11) is -3.29. The lowest BCUT2D eigenvalue weighted by atomic mass is 10.4. The molecule has 0 saturated carbocycles. The smallest absolute Gasteiger partial charge is 0.232 e. The van der Waals surface area contributed by atoms with Gasteiger partial charge in [-0.15, -0.1) is 0 Å². The van der Waals surface area contributed by atoms with E-state index in [0.717, 1.165) is 13.0 Å². The maximum atomic E-state index is 11.6. The molecule has 0 spiro atoms.